The molecule has 0 unspecified atom stereocenters. The van der Waals surface area contributed by atoms with Crippen molar-refractivity contribution in [2.24, 2.45) is 5.73 Å². The Kier molecular flexibility index (Phi) is 9.67. The van der Waals surface area contributed by atoms with Crippen molar-refractivity contribution in [3.63, 3.8) is 0 Å². The first-order valence-electron chi connectivity index (χ1n) is 6.80. The third-order valence-corrected chi connectivity index (χ3v) is 2.77. The number of hydrogen-bond donors (Lipinski definition) is 2. The largest absolute Gasteiger partial charge is 0.507 e. The Hall–Kier alpha value is -2.04. The second-order valence-electron chi connectivity index (χ2n) is 4.37. The van der Waals surface area contributed by atoms with Crippen LogP contribution < -0.4 is 10.5 Å². The molecular formula is C17H22ClNO3. The molecule has 3 N–H and O–H groups in total. The van der Waals surface area contributed by atoms with Gasteiger partial charge in [-0.05, 0) is 25.1 Å². The van der Waals surface area contributed by atoms with Gasteiger partial charge in [-0.15, -0.1) is 12.4 Å². The van der Waals surface area contributed by atoms with Gasteiger partial charge in [0.25, 0.3) is 0 Å². The van der Waals surface area contributed by atoms with Crippen LogP contribution in [0.1, 0.15) is 29.3 Å². The van der Waals surface area contributed by atoms with Crippen LogP contribution in [0, 0.1) is 0 Å². The van der Waals surface area contributed by atoms with Crippen LogP contribution in [0.5, 0.6) is 11.5 Å². The molecule has 0 radical (unpaired) electrons. The summed E-state index contributed by atoms with van der Waals surface area (Å²) in [6, 6.07) is 13.5. The summed E-state index contributed by atoms with van der Waals surface area (Å²) in [6.45, 7) is 2.88. The molecule has 0 spiro atoms. The first-order valence-corrected chi connectivity index (χ1v) is 6.80. The van der Waals surface area contributed by atoms with Crippen molar-refractivity contribution in [2.45, 2.75) is 13.3 Å². The summed E-state index contributed by atoms with van der Waals surface area (Å²) in [5.41, 5.74) is 5.85. The molecule has 0 aliphatic rings. The number of phenolic OH excluding ortho intramolecular Hbond substituents is 1. The lowest BCUT2D eigenvalue weighted by atomic mass is 10.0. The lowest BCUT2D eigenvalue weighted by Gasteiger charge is -2.06. The number of hydrogen-bond acceptors (Lipinski definition) is 4. The molecule has 0 aromatic heterocycles. The summed E-state index contributed by atoms with van der Waals surface area (Å²) >= 11 is 0. The number of halogens is 1. The fourth-order valence-corrected chi connectivity index (χ4v) is 1.58. The molecule has 0 atom stereocenters. The summed E-state index contributed by atoms with van der Waals surface area (Å²) < 4.78 is 4.96. The highest BCUT2D eigenvalue weighted by molar-refractivity contribution is 6.10. The molecule has 0 amide bonds. The molecule has 120 valence electrons. The number of benzene rings is 2. The predicted molar refractivity (Wildman–Crippen MR) is 91.1 cm³/mol. The van der Waals surface area contributed by atoms with Crippen molar-refractivity contribution in [3.8, 4) is 11.5 Å². The summed E-state index contributed by atoms with van der Waals surface area (Å²) in [7, 11) is 1.51. The fraction of sp³-hybridized carbons (Fsp3) is 0.235. The maximum atomic E-state index is 12.1. The molecular weight excluding hydrogens is 302 g/mol. The van der Waals surface area contributed by atoms with Gasteiger partial charge in [-0.1, -0.05) is 37.3 Å². The highest BCUT2D eigenvalue weighted by atomic mass is 35.5. The quantitative estimate of drug-likeness (QED) is 0.846. The smallest absolute Gasteiger partial charge is 0.196 e. The molecule has 0 aliphatic heterocycles. The zero-order valence-electron chi connectivity index (χ0n) is 12.8. The molecule has 0 aliphatic carbocycles. The average molecular weight is 324 g/mol. The Morgan fingerprint density at radius 1 is 1.18 bits per heavy atom. The topological polar surface area (TPSA) is 72.5 Å². The third-order valence-electron chi connectivity index (χ3n) is 2.77. The van der Waals surface area contributed by atoms with E-state index < -0.39 is 0 Å². The first kappa shape index (κ1) is 20.0. The molecule has 22 heavy (non-hydrogen) atoms. The SMILES string of the molecule is CCCN.COc1ccc(C(=O)c2ccccc2)c(O)c1.Cl. The second kappa shape index (κ2) is 10.7. The molecule has 2 rings (SSSR count). The minimum atomic E-state index is -0.203. The Balaban J connectivity index is 0.000000791. The number of nitrogens with two attached hydrogens (primary N) is 1. The standard InChI is InChI=1S/C14H12O3.C3H9N.ClH/c1-17-11-7-8-12(13(15)9-11)14(16)10-5-3-2-4-6-10;1-2-3-4;/h2-9,15H,1H3;2-4H2,1H3;1H. The van der Waals surface area contributed by atoms with Gasteiger partial charge < -0.3 is 15.6 Å². The third kappa shape index (κ3) is 5.76. The van der Waals surface area contributed by atoms with Gasteiger partial charge in [0.1, 0.15) is 11.5 Å². The van der Waals surface area contributed by atoms with Crippen LogP contribution in [0.4, 0.5) is 0 Å². The van der Waals surface area contributed by atoms with Crippen molar-refractivity contribution >= 4 is 18.2 Å². The summed E-state index contributed by atoms with van der Waals surface area (Å²) in [5.74, 6) is 0.246. The van der Waals surface area contributed by atoms with Crippen LogP contribution in [-0.4, -0.2) is 24.5 Å². The van der Waals surface area contributed by atoms with Crippen LogP contribution in [-0.2, 0) is 0 Å². The monoisotopic (exact) mass is 323 g/mol. The van der Waals surface area contributed by atoms with Gasteiger partial charge in [-0.25, -0.2) is 0 Å². The van der Waals surface area contributed by atoms with E-state index in [1.165, 1.54) is 13.2 Å². The molecule has 4 nitrogen and oxygen atoms in total. The molecule has 0 saturated heterocycles. The van der Waals surface area contributed by atoms with Gasteiger partial charge in [0.2, 0.25) is 0 Å². The molecule has 2 aromatic carbocycles. The van der Waals surface area contributed by atoms with Crippen LogP contribution in [0.15, 0.2) is 48.5 Å². The van der Waals surface area contributed by atoms with E-state index in [0.717, 1.165) is 13.0 Å². The van der Waals surface area contributed by atoms with E-state index in [1.807, 2.05) is 6.07 Å². The van der Waals surface area contributed by atoms with Crippen molar-refractivity contribution in [2.75, 3.05) is 13.7 Å². The molecule has 0 fully saturated rings. The van der Waals surface area contributed by atoms with Crippen LogP contribution >= 0.6 is 12.4 Å². The van der Waals surface area contributed by atoms with E-state index >= 15 is 0 Å². The van der Waals surface area contributed by atoms with Crippen LogP contribution in [0.2, 0.25) is 0 Å². The number of rotatable bonds is 4. The maximum absolute atomic E-state index is 12.1. The van der Waals surface area contributed by atoms with E-state index in [-0.39, 0.29) is 29.5 Å². The van der Waals surface area contributed by atoms with Crippen LogP contribution in [0.3, 0.4) is 0 Å². The predicted octanol–water partition coefficient (Wildman–Crippen LogP) is 3.41. The number of carbonyl (C=O) groups is 1. The number of ether oxygens (including phenoxy) is 1. The molecule has 5 heteroatoms. The van der Waals surface area contributed by atoms with Crippen molar-refractivity contribution < 1.29 is 14.6 Å². The van der Waals surface area contributed by atoms with Gasteiger partial charge in [0.05, 0.1) is 12.7 Å². The van der Waals surface area contributed by atoms with Crippen LogP contribution in [0.25, 0.3) is 0 Å². The summed E-state index contributed by atoms with van der Waals surface area (Å²) in [5, 5.41) is 9.75. The number of phenols is 1. The molecule has 0 saturated carbocycles. The summed E-state index contributed by atoms with van der Waals surface area (Å²) in [6.07, 6.45) is 1.10. The van der Waals surface area contributed by atoms with E-state index in [1.54, 1.807) is 36.4 Å². The second-order valence-corrected chi connectivity index (χ2v) is 4.37. The molecule has 2 aromatic rings. The van der Waals surface area contributed by atoms with Gasteiger partial charge in [-0.3, -0.25) is 4.79 Å². The number of aromatic hydroxyl groups is 1. The minimum Gasteiger partial charge on any atom is -0.507 e. The summed E-state index contributed by atoms with van der Waals surface area (Å²) in [4.78, 5) is 12.1. The van der Waals surface area contributed by atoms with E-state index in [0.29, 0.717) is 11.3 Å². The number of methoxy groups -OCH3 is 1. The number of carbonyl (C=O) groups excluding carboxylic acids is 1. The highest BCUT2D eigenvalue weighted by Crippen LogP contribution is 2.25. The Morgan fingerprint density at radius 2 is 1.77 bits per heavy atom. The van der Waals surface area contributed by atoms with E-state index in [2.05, 4.69) is 6.92 Å². The van der Waals surface area contributed by atoms with Gasteiger partial charge >= 0.3 is 0 Å². The molecule has 0 heterocycles. The van der Waals surface area contributed by atoms with Gasteiger partial charge in [0.15, 0.2) is 5.78 Å². The van der Waals surface area contributed by atoms with Gasteiger partial charge in [-0.2, -0.15) is 0 Å². The number of ketones is 1. The maximum Gasteiger partial charge on any atom is 0.196 e. The van der Waals surface area contributed by atoms with Crippen molar-refractivity contribution in [3.05, 3.63) is 59.7 Å². The Labute approximate surface area is 137 Å². The van der Waals surface area contributed by atoms with Crippen molar-refractivity contribution in [1.29, 1.82) is 0 Å². The Morgan fingerprint density at radius 3 is 2.23 bits per heavy atom. The van der Waals surface area contributed by atoms with E-state index in [4.69, 9.17) is 10.5 Å². The lowest BCUT2D eigenvalue weighted by molar-refractivity contribution is 0.103. The molecule has 0 bridgehead atoms. The first-order chi connectivity index (χ1) is 10.1. The normalized spacial score (nSPS) is 9.05. The highest BCUT2D eigenvalue weighted by Gasteiger charge is 2.13. The Bertz CT molecular complexity index is 571. The van der Waals surface area contributed by atoms with Gasteiger partial charge in [0, 0.05) is 11.6 Å². The lowest BCUT2D eigenvalue weighted by Crippen LogP contribution is -2.01. The zero-order chi connectivity index (χ0) is 15.7. The minimum absolute atomic E-state index is 0. The zero-order valence-corrected chi connectivity index (χ0v) is 13.6. The average Bonchev–Trinajstić information content (AvgIpc) is 2.55. The fourth-order valence-electron chi connectivity index (χ4n) is 1.58. The van der Waals surface area contributed by atoms with Crippen molar-refractivity contribution in [1.82, 2.24) is 0 Å². The van der Waals surface area contributed by atoms with E-state index in [9.17, 15) is 9.90 Å².